The Morgan fingerprint density at radius 3 is 2.76 bits per heavy atom. The van der Waals surface area contributed by atoms with Crippen molar-refractivity contribution in [3.05, 3.63) is 59.3 Å². The molecule has 0 aliphatic carbocycles. The molecule has 0 fully saturated rings. The van der Waals surface area contributed by atoms with Crippen LogP contribution in [0.5, 0.6) is 5.75 Å². The lowest BCUT2D eigenvalue weighted by molar-refractivity contribution is 0.104. The fourth-order valence-corrected chi connectivity index (χ4v) is 2.44. The molecular formula is C17H16N2O2. The molecule has 1 aromatic heterocycles. The van der Waals surface area contributed by atoms with E-state index < -0.39 is 0 Å². The van der Waals surface area contributed by atoms with Gasteiger partial charge in [-0.05, 0) is 36.8 Å². The monoisotopic (exact) mass is 280 g/mol. The second-order valence-corrected chi connectivity index (χ2v) is 4.98. The van der Waals surface area contributed by atoms with Gasteiger partial charge in [-0.3, -0.25) is 4.79 Å². The summed E-state index contributed by atoms with van der Waals surface area (Å²) in [7, 11) is 1.61. The Balaban J connectivity index is 2.15. The number of fused-ring (bicyclic) bond motifs is 1. The average Bonchev–Trinajstić information content (AvgIpc) is 2.92. The molecule has 0 aliphatic rings. The molecular weight excluding hydrogens is 264 g/mol. The summed E-state index contributed by atoms with van der Waals surface area (Å²) in [4.78, 5) is 15.9. The van der Waals surface area contributed by atoms with E-state index in [0.717, 1.165) is 16.5 Å². The Morgan fingerprint density at radius 2 is 2.00 bits per heavy atom. The number of benzene rings is 2. The Bertz CT molecular complexity index is 834. The van der Waals surface area contributed by atoms with Crippen molar-refractivity contribution in [3.63, 3.8) is 0 Å². The number of nitrogen functional groups attached to an aromatic ring is 1. The summed E-state index contributed by atoms with van der Waals surface area (Å²) >= 11 is 0. The number of hydrogen-bond acceptors (Lipinski definition) is 3. The topological polar surface area (TPSA) is 68.1 Å². The number of anilines is 1. The first-order chi connectivity index (χ1) is 10.1. The number of nitrogens with one attached hydrogen (secondary N) is 1. The van der Waals surface area contributed by atoms with Gasteiger partial charge in [-0.15, -0.1) is 0 Å². The van der Waals surface area contributed by atoms with E-state index in [1.54, 1.807) is 19.4 Å². The second kappa shape index (κ2) is 4.98. The van der Waals surface area contributed by atoms with Crippen molar-refractivity contribution in [2.75, 3.05) is 12.8 Å². The molecule has 4 nitrogen and oxygen atoms in total. The number of hydrogen-bond donors (Lipinski definition) is 2. The van der Waals surface area contributed by atoms with Crippen LogP contribution in [0.1, 0.15) is 21.5 Å². The van der Waals surface area contributed by atoms with Crippen LogP contribution in [0.3, 0.4) is 0 Å². The highest BCUT2D eigenvalue weighted by molar-refractivity contribution is 6.18. The van der Waals surface area contributed by atoms with Gasteiger partial charge < -0.3 is 15.5 Å². The van der Waals surface area contributed by atoms with Crippen LogP contribution >= 0.6 is 0 Å². The van der Waals surface area contributed by atoms with E-state index in [0.29, 0.717) is 22.6 Å². The van der Waals surface area contributed by atoms with Gasteiger partial charge in [-0.1, -0.05) is 12.1 Å². The third-order valence-electron chi connectivity index (χ3n) is 3.70. The van der Waals surface area contributed by atoms with E-state index in [2.05, 4.69) is 4.98 Å². The van der Waals surface area contributed by atoms with Gasteiger partial charge in [0.25, 0.3) is 0 Å². The summed E-state index contributed by atoms with van der Waals surface area (Å²) in [5.41, 5.74) is 9.48. The van der Waals surface area contributed by atoms with Crippen LogP contribution in [0.15, 0.2) is 42.6 Å². The zero-order valence-electron chi connectivity index (χ0n) is 11.9. The number of carbonyl (C=O) groups is 1. The van der Waals surface area contributed by atoms with Gasteiger partial charge in [0, 0.05) is 33.9 Å². The Labute approximate surface area is 122 Å². The molecule has 0 amide bonds. The van der Waals surface area contributed by atoms with Gasteiger partial charge >= 0.3 is 0 Å². The standard InChI is InChI=1S/C17H16N2O2/c1-10-4-3-5-12(16(10)18)17(20)14-9-19-15-7-6-11(21-2)8-13(14)15/h3-9,19H,18H2,1-2H3. The van der Waals surface area contributed by atoms with Crippen LogP contribution in [-0.2, 0) is 0 Å². The number of ketones is 1. The largest absolute Gasteiger partial charge is 0.497 e. The SMILES string of the molecule is COc1ccc2[nH]cc(C(=O)c3cccc(C)c3N)c2c1. The lowest BCUT2D eigenvalue weighted by Gasteiger charge is -2.07. The number of ether oxygens (including phenoxy) is 1. The Hall–Kier alpha value is -2.75. The number of para-hydroxylation sites is 1. The number of rotatable bonds is 3. The molecule has 3 rings (SSSR count). The Morgan fingerprint density at radius 1 is 1.19 bits per heavy atom. The third-order valence-corrected chi connectivity index (χ3v) is 3.70. The number of aryl methyl sites for hydroxylation is 1. The quantitative estimate of drug-likeness (QED) is 0.571. The second-order valence-electron chi connectivity index (χ2n) is 4.98. The first-order valence-electron chi connectivity index (χ1n) is 6.66. The van der Waals surface area contributed by atoms with Gasteiger partial charge in [0.05, 0.1) is 7.11 Å². The highest BCUT2D eigenvalue weighted by atomic mass is 16.5. The molecule has 0 radical (unpaired) electrons. The minimum absolute atomic E-state index is 0.0873. The first-order valence-corrected chi connectivity index (χ1v) is 6.66. The van der Waals surface area contributed by atoms with Crippen LogP contribution < -0.4 is 10.5 Å². The van der Waals surface area contributed by atoms with Crippen molar-refractivity contribution in [2.45, 2.75) is 6.92 Å². The van der Waals surface area contributed by atoms with Crippen molar-refractivity contribution in [3.8, 4) is 5.75 Å². The minimum Gasteiger partial charge on any atom is -0.497 e. The first kappa shape index (κ1) is 13.2. The minimum atomic E-state index is -0.0873. The molecule has 0 saturated heterocycles. The molecule has 4 heteroatoms. The smallest absolute Gasteiger partial charge is 0.197 e. The predicted octanol–water partition coefficient (Wildman–Crippen LogP) is 3.30. The lowest BCUT2D eigenvalue weighted by Crippen LogP contribution is -2.06. The zero-order chi connectivity index (χ0) is 15.0. The van der Waals surface area contributed by atoms with Crippen molar-refractivity contribution in [1.29, 1.82) is 0 Å². The highest BCUT2D eigenvalue weighted by Crippen LogP contribution is 2.27. The van der Waals surface area contributed by atoms with E-state index in [-0.39, 0.29) is 5.78 Å². The molecule has 0 spiro atoms. The Kier molecular flexibility index (Phi) is 3.14. The normalized spacial score (nSPS) is 10.8. The molecule has 2 aromatic carbocycles. The predicted molar refractivity (Wildman–Crippen MR) is 83.9 cm³/mol. The molecule has 0 bridgehead atoms. The average molecular weight is 280 g/mol. The number of aromatic amines is 1. The highest BCUT2D eigenvalue weighted by Gasteiger charge is 2.17. The summed E-state index contributed by atoms with van der Waals surface area (Å²) in [6, 6.07) is 11.1. The number of carbonyl (C=O) groups excluding carboxylic acids is 1. The molecule has 21 heavy (non-hydrogen) atoms. The van der Waals surface area contributed by atoms with E-state index >= 15 is 0 Å². The summed E-state index contributed by atoms with van der Waals surface area (Å²) in [6.07, 6.45) is 1.72. The van der Waals surface area contributed by atoms with Gasteiger partial charge in [-0.2, -0.15) is 0 Å². The van der Waals surface area contributed by atoms with Crippen molar-refractivity contribution in [2.24, 2.45) is 0 Å². The molecule has 0 unspecified atom stereocenters. The molecule has 0 aliphatic heterocycles. The maximum absolute atomic E-state index is 12.8. The molecule has 0 atom stereocenters. The van der Waals surface area contributed by atoms with Crippen molar-refractivity contribution >= 4 is 22.4 Å². The summed E-state index contributed by atoms with van der Waals surface area (Å²) in [6.45, 7) is 1.89. The van der Waals surface area contributed by atoms with E-state index in [4.69, 9.17) is 10.5 Å². The van der Waals surface area contributed by atoms with E-state index in [1.165, 1.54) is 0 Å². The van der Waals surface area contributed by atoms with Crippen LogP contribution in [0.25, 0.3) is 10.9 Å². The van der Waals surface area contributed by atoms with Crippen molar-refractivity contribution in [1.82, 2.24) is 4.98 Å². The summed E-state index contributed by atoms with van der Waals surface area (Å²) in [5, 5.41) is 0.834. The molecule has 106 valence electrons. The summed E-state index contributed by atoms with van der Waals surface area (Å²) < 4.78 is 5.23. The number of H-pyrrole nitrogens is 1. The van der Waals surface area contributed by atoms with Gasteiger partial charge in [0.1, 0.15) is 5.75 Å². The van der Waals surface area contributed by atoms with E-state index in [1.807, 2.05) is 37.3 Å². The zero-order valence-corrected chi connectivity index (χ0v) is 11.9. The van der Waals surface area contributed by atoms with Gasteiger partial charge in [-0.25, -0.2) is 0 Å². The van der Waals surface area contributed by atoms with Crippen molar-refractivity contribution < 1.29 is 9.53 Å². The lowest BCUT2D eigenvalue weighted by atomic mass is 9.99. The van der Waals surface area contributed by atoms with Crippen LogP contribution in [0.4, 0.5) is 5.69 Å². The molecule has 3 N–H and O–H groups in total. The maximum Gasteiger partial charge on any atom is 0.197 e. The third kappa shape index (κ3) is 2.14. The van der Waals surface area contributed by atoms with Crippen LogP contribution in [0.2, 0.25) is 0 Å². The number of nitrogens with two attached hydrogens (primary N) is 1. The molecule has 3 aromatic rings. The van der Waals surface area contributed by atoms with E-state index in [9.17, 15) is 4.79 Å². The molecule has 0 saturated carbocycles. The number of aromatic nitrogens is 1. The molecule has 1 heterocycles. The van der Waals surface area contributed by atoms with Crippen LogP contribution in [0, 0.1) is 6.92 Å². The fraction of sp³-hybridized carbons (Fsp3) is 0.118. The maximum atomic E-state index is 12.8. The van der Waals surface area contributed by atoms with Crippen LogP contribution in [-0.4, -0.2) is 17.9 Å². The number of methoxy groups -OCH3 is 1. The van der Waals surface area contributed by atoms with Gasteiger partial charge in [0.15, 0.2) is 5.78 Å². The van der Waals surface area contributed by atoms with Gasteiger partial charge in [0.2, 0.25) is 0 Å². The summed E-state index contributed by atoms with van der Waals surface area (Å²) in [5.74, 6) is 0.629. The fourth-order valence-electron chi connectivity index (χ4n) is 2.44.